The molecule has 12 heteroatoms. The number of nitrogens with zero attached hydrogens (tertiary/aromatic N) is 2. The van der Waals surface area contributed by atoms with E-state index >= 15 is 4.39 Å². The molecule has 2 bridgehead atoms. The number of aromatic nitrogens is 1. The Labute approximate surface area is 264 Å². The fraction of sp³-hybridized carbons (Fsp3) is 0.394. The van der Waals surface area contributed by atoms with Gasteiger partial charge in [-0.15, -0.1) is 0 Å². The third-order valence-electron chi connectivity index (χ3n) is 8.71. The standard InChI is InChI=1S/C33H33ClF2N4O5/c1-2-44-31(42)26-7-4-3-6-21(27-16-19(12-14-37-27)22-17-20(35)8-10-24(22)38-26)30(41)40-15-5-13-33(18-40)28-25(39-32(43)45-33)11-9-23(34)29(28)36/h8-12,14,16-17,21,26,38H,2-7,13,15,18H2,1H3,(H,39,43)/t21-,26+,33+/m1/s1. The van der Waals surface area contributed by atoms with Gasteiger partial charge in [0.15, 0.2) is 11.4 Å². The van der Waals surface area contributed by atoms with E-state index in [0.29, 0.717) is 67.6 Å². The number of ether oxygens (including phenoxy) is 2. The van der Waals surface area contributed by atoms with Gasteiger partial charge in [0.2, 0.25) is 5.91 Å². The predicted molar refractivity (Wildman–Crippen MR) is 164 cm³/mol. The van der Waals surface area contributed by atoms with E-state index in [1.807, 2.05) is 0 Å². The summed E-state index contributed by atoms with van der Waals surface area (Å²) in [4.78, 5) is 46.0. The molecular formula is C33H33ClF2N4O5. The van der Waals surface area contributed by atoms with Gasteiger partial charge in [-0.3, -0.25) is 15.1 Å². The summed E-state index contributed by atoms with van der Waals surface area (Å²) in [6.45, 7) is 2.29. The highest BCUT2D eigenvalue weighted by molar-refractivity contribution is 6.31. The maximum absolute atomic E-state index is 15.5. The SMILES string of the molecule is CCOC(=O)[C@@H]1CCCC[C@@H](C(=O)N2CCC[C@@]3(C2)OC(=O)Nc2ccc(Cl)c(F)c23)c2cc(ccn2)-c2cc(F)ccc2N1. The lowest BCUT2D eigenvalue weighted by Crippen LogP contribution is -2.54. The molecule has 3 aromatic rings. The normalized spacial score (nSPS) is 22.8. The minimum atomic E-state index is -1.41. The van der Waals surface area contributed by atoms with Crippen LogP contribution in [0, 0.1) is 11.6 Å². The van der Waals surface area contributed by atoms with E-state index in [1.54, 1.807) is 36.2 Å². The third-order valence-corrected chi connectivity index (χ3v) is 9.00. The number of benzene rings is 2. The first-order valence-electron chi connectivity index (χ1n) is 15.2. The number of amides is 2. The maximum atomic E-state index is 15.5. The number of piperidine rings is 1. The van der Waals surface area contributed by atoms with Gasteiger partial charge in [-0.25, -0.2) is 18.4 Å². The molecule has 1 aromatic heterocycles. The Morgan fingerprint density at radius 2 is 1.91 bits per heavy atom. The number of hydrogen-bond acceptors (Lipinski definition) is 7. The number of halogens is 3. The molecule has 2 amide bonds. The molecule has 0 saturated carbocycles. The number of pyridine rings is 1. The van der Waals surface area contributed by atoms with E-state index < -0.39 is 41.3 Å². The number of rotatable bonds is 3. The summed E-state index contributed by atoms with van der Waals surface area (Å²) in [5.41, 5.74) is 1.18. The Kier molecular flexibility index (Phi) is 8.63. The van der Waals surface area contributed by atoms with Crippen LogP contribution in [0.2, 0.25) is 5.02 Å². The predicted octanol–water partition coefficient (Wildman–Crippen LogP) is 6.76. The van der Waals surface area contributed by atoms with Gasteiger partial charge in [0.1, 0.15) is 11.9 Å². The molecule has 4 heterocycles. The summed E-state index contributed by atoms with van der Waals surface area (Å²) in [7, 11) is 0. The van der Waals surface area contributed by atoms with Gasteiger partial charge in [0.25, 0.3) is 0 Å². The van der Waals surface area contributed by atoms with Gasteiger partial charge in [0, 0.05) is 24.0 Å². The number of anilines is 2. The average molecular weight is 639 g/mol. The molecule has 2 N–H and O–H groups in total. The van der Waals surface area contributed by atoms with Gasteiger partial charge in [0.05, 0.1) is 41.0 Å². The van der Waals surface area contributed by atoms with E-state index in [4.69, 9.17) is 21.1 Å². The van der Waals surface area contributed by atoms with Crippen molar-refractivity contribution >= 4 is 40.9 Å². The highest BCUT2D eigenvalue weighted by Gasteiger charge is 2.49. The van der Waals surface area contributed by atoms with E-state index in [-0.39, 0.29) is 35.3 Å². The fourth-order valence-electron chi connectivity index (χ4n) is 6.64. The Balaban J connectivity index is 1.36. The first-order chi connectivity index (χ1) is 21.7. The molecule has 3 atom stereocenters. The molecule has 0 radical (unpaired) electrons. The molecule has 236 valence electrons. The van der Waals surface area contributed by atoms with Crippen LogP contribution in [0.5, 0.6) is 0 Å². The van der Waals surface area contributed by atoms with Crippen LogP contribution in [0.25, 0.3) is 11.1 Å². The fourth-order valence-corrected chi connectivity index (χ4v) is 6.80. The molecule has 0 unspecified atom stereocenters. The van der Waals surface area contributed by atoms with E-state index in [0.717, 1.165) is 0 Å². The molecule has 3 aliphatic heterocycles. The van der Waals surface area contributed by atoms with E-state index in [2.05, 4.69) is 15.6 Å². The maximum Gasteiger partial charge on any atom is 0.412 e. The van der Waals surface area contributed by atoms with Crippen LogP contribution in [0.4, 0.5) is 25.0 Å². The van der Waals surface area contributed by atoms with Crippen molar-refractivity contribution in [3.8, 4) is 11.1 Å². The van der Waals surface area contributed by atoms with Crippen LogP contribution in [0.15, 0.2) is 48.7 Å². The second-order valence-corrected chi connectivity index (χ2v) is 12.0. The summed E-state index contributed by atoms with van der Waals surface area (Å²) in [5, 5.41) is 5.69. The van der Waals surface area contributed by atoms with Crippen LogP contribution < -0.4 is 10.6 Å². The van der Waals surface area contributed by atoms with Crippen molar-refractivity contribution < 1.29 is 32.6 Å². The van der Waals surface area contributed by atoms with Gasteiger partial charge >= 0.3 is 12.1 Å². The van der Waals surface area contributed by atoms with Crippen molar-refractivity contribution in [1.29, 1.82) is 0 Å². The van der Waals surface area contributed by atoms with Crippen LogP contribution in [0.1, 0.15) is 62.6 Å². The molecule has 3 aliphatic rings. The Morgan fingerprint density at radius 1 is 1.11 bits per heavy atom. The second-order valence-electron chi connectivity index (χ2n) is 11.6. The zero-order chi connectivity index (χ0) is 31.7. The first kappa shape index (κ1) is 30.8. The van der Waals surface area contributed by atoms with Gasteiger partial charge < -0.3 is 19.7 Å². The van der Waals surface area contributed by atoms with Gasteiger partial charge in [-0.05, 0) is 80.6 Å². The van der Waals surface area contributed by atoms with Crippen molar-refractivity contribution in [2.75, 3.05) is 30.3 Å². The van der Waals surface area contributed by atoms with Gasteiger partial charge in [-0.2, -0.15) is 0 Å². The molecule has 6 rings (SSSR count). The Morgan fingerprint density at radius 3 is 2.73 bits per heavy atom. The lowest BCUT2D eigenvalue weighted by molar-refractivity contribution is -0.144. The molecule has 1 fully saturated rings. The topological polar surface area (TPSA) is 110 Å². The largest absolute Gasteiger partial charge is 0.464 e. The van der Waals surface area contributed by atoms with Crippen LogP contribution >= 0.6 is 11.6 Å². The summed E-state index contributed by atoms with van der Waals surface area (Å²) in [6.07, 6.45) is 3.68. The van der Waals surface area contributed by atoms with Crippen molar-refractivity contribution in [3.05, 3.63) is 76.6 Å². The number of esters is 1. The molecule has 2 aromatic carbocycles. The summed E-state index contributed by atoms with van der Waals surface area (Å²) in [6, 6.07) is 10.0. The van der Waals surface area contributed by atoms with Crippen molar-refractivity contribution in [2.24, 2.45) is 0 Å². The molecule has 1 saturated heterocycles. The van der Waals surface area contributed by atoms with E-state index in [9.17, 15) is 18.8 Å². The third kappa shape index (κ3) is 6.05. The smallest absolute Gasteiger partial charge is 0.412 e. The molecule has 45 heavy (non-hydrogen) atoms. The van der Waals surface area contributed by atoms with Crippen LogP contribution in [0.3, 0.4) is 0 Å². The minimum Gasteiger partial charge on any atom is -0.464 e. The number of likely N-dealkylation sites (tertiary alicyclic amines) is 1. The lowest BCUT2D eigenvalue weighted by Gasteiger charge is -2.45. The lowest BCUT2D eigenvalue weighted by atomic mass is 9.82. The van der Waals surface area contributed by atoms with E-state index in [1.165, 1.54) is 24.3 Å². The number of carbonyl (C=O) groups excluding carboxylic acids is 3. The summed E-state index contributed by atoms with van der Waals surface area (Å²) in [5.74, 6) is -2.49. The van der Waals surface area contributed by atoms with Crippen LogP contribution in [-0.2, 0) is 24.7 Å². The summed E-state index contributed by atoms with van der Waals surface area (Å²) < 4.78 is 41.1. The van der Waals surface area contributed by atoms with Crippen molar-refractivity contribution in [2.45, 2.75) is 63.0 Å². The Bertz CT molecular complexity index is 1660. The van der Waals surface area contributed by atoms with Crippen molar-refractivity contribution in [3.63, 3.8) is 0 Å². The van der Waals surface area contributed by atoms with Gasteiger partial charge in [-0.1, -0.05) is 24.4 Å². The quantitative estimate of drug-likeness (QED) is 0.305. The zero-order valence-corrected chi connectivity index (χ0v) is 25.5. The monoisotopic (exact) mass is 638 g/mol. The van der Waals surface area contributed by atoms with Crippen molar-refractivity contribution in [1.82, 2.24) is 9.88 Å². The summed E-state index contributed by atoms with van der Waals surface area (Å²) >= 11 is 6.13. The average Bonchev–Trinajstić information content (AvgIpc) is 3.02. The number of nitrogens with one attached hydrogen (secondary N) is 2. The molecule has 9 nitrogen and oxygen atoms in total. The number of fused-ring (bicyclic) bond motifs is 6. The van der Waals surface area contributed by atoms with Crippen LogP contribution in [-0.4, -0.2) is 53.6 Å². The number of hydrogen-bond donors (Lipinski definition) is 2. The Hall–Kier alpha value is -4.25. The molecular weight excluding hydrogens is 606 g/mol. The number of carbonyl (C=O) groups is 3. The zero-order valence-electron chi connectivity index (χ0n) is 24.7. The molecule has 0 aliphatic carbocycles. The molecule has 1 spiro atoms. The first-order valence-corrected chi connectivity index (χ1v) is 15.5. The minimum absolute atomic E-state index is 0.0530. The second kappa shape index (κ2) is 12.6. The highest BCUT2D eigenvalue weighted by Crippen LogP contribution is 2.46. The highest BCUT2D eigenvalue weighted by atomic mass is 35.5.